The van der Waals surface area contributed by atoms with E-state index >= 15 is 0 Å². The largest absolute Gasteiger partial charge is 0.416 e. The van der Waals surface area contributed by atoms with Crippen molar-refractivity contribution in [1.82, 2.24) is 5.32 Å². The Morgan fingerprint density at radius 2 is 1.83 bits per heavy atom. The lowest BCUT2D eigenvalue weighted by Gasteiger charge is -2.20. The summed E-state index contributed by atoms with van der Waals surface area (Å²) in [6.45, 7) is 6.50. The van der Waals surface area contributed by atoms with Crippen LogP contribution in [0.3, 0.4) is 0 Å². The number of halogens is 3. The van der Waals surface area contributed by atoms with Crippen molar-refractivity contribution in [3.05, 3.63) is 29.8 Å². The number of amides is 1. The average Bonchev–Trinajstić information content (AvgIpc) is 2.52. The van der Waals surface area contributed by atoms with Crippen molar-refractivity contribution in [2.45, 2.75) is 39.3 Å². The highest BCUT2D eigenvalue weighted by Crippen LogP contribution is 2.30. The molecule has 1 aromatic rings. The molecule has 0 saturated carbocycles. The highest BCUT2D eigenvalue weighted by molar-refractivity contribution is 5.94. The summed E-state index contributed by atoms with van der Waals surface area (Å²) in [7, 11) is 0. The number of benzene rings is 1. The van der Waals surface area contributed by atoms with Gasteiger partial charge in [-0.3, -0.25) is 4.79 Å². The number of hydrogen-bond donors (Lipinski definition) is 2. The Kier molecular flexibility index (Phi) is 8.17. The molecule has 0 heterocycles. The van der Waals surface area contributed by atoms with Gasteiger partial charge >= 0.3 is 6.18 Å². The molecule has 0 aromatic heterocycles. The van der Waals surface area contributed by atoms with Gasteiger partial charge in [-0.1, -0.05) is 6.07 Å². The van der Waals surface area contributed by atoms with Crippen molar-refractivity contribution in [3.63, 3.8) is 0 Å². The second-order valence-corrected chi connectivity index (χ2v) is 5.04. The highest BCUT2D eigenvalue weighted by Gasteiger charge is 2.30. The van der Waals surface area contributed by atoms with Gasteiger partial charge in [-0.2, -0.15) is 13.2 Å². The number of rotatable bonds is 9. The minimum absolute atomic E-state index is 0.0923. The third kappa shape index (κ3) is 6.86. The Bertz CT molecular complexity index is 518. The van der Waals surface area contributed by atoms with Crippen molar-refractivity contribution in [2.75, 3.05) is 25.1 Å². The van der Waals surface area contributed by atoms with Gasteiger partial charge in [0.05, 0.1) is 11.6 Å². The van der Waals surface area contributed by atoms with E-state index in [0.717, 1.165) is 12.1 Å². The zero-order valence-corrected chi connectivity index (χ0v) is 13.9. The lowest BCUT2D eigenvalue weighted by atomic mass is 10.2. The van der Waals surface area contributed by atoms with E-state index in [9.17, 15) is 18.0 Å². The van der Waals surface area contributed by atoms with Gasteiger partial charge in [0.15, 0.2) is 6.29 Å². The van der Waals surface area contributed by atoms with Crippen molar-refractivity contribution in [2.24, 2.45) is 0 Å². The normalized spacial score (nSPS) is 13.1. The van der Waals surface area contributed by atoms with Crippen LogP contribution in [0.5, 0.6) is 0 Å². The summed E-state index contributed by atoms with van der Waals surface area (Å²) in [6.07, 6.45) is -4.93. The van der Waals surface area contributed by atoms with Crippen LogP contribution >= 0.6 is 0 Å². The second kappa shape index (κ2) is 9.61. The van der Waals surface area contributed by atoms with Gasteiger partial charge in [0.1, 0.15) is 0 Å². The molecule has 1 atom stereocenters. The molecule has 1 rings (SSSR count). The van der Waals surface area contributed by atoms with Crippen molar-refractivity contribution < 1.29 is 27.4 Å². The molecule has 0 radical (unpaired) electrons. The molecule has 24 heavy (non-hydrogen) atoms. The van der Waals surface area contributed by atoms with Gasteiger partial charge in [0, 0.05) is 25.4 Å². The van der Waals surface area contributed by atoms with Gasteiger partial charge in [-0.05, 0) is 39.0 Å². The monoisotopic (exact) mass is 348 g/mol. The Balaban J connectivity index is 2.58. The summed E-state index contributed by atoms with van der Waals surface area (Å²) in [5.74, 6) is -0.443. The highest BCUT2D eigenvalue weighted by atomic mass is 19.4. The summed E-state index contributed by atoms with van der Waals surface area (Å²) >= 11 is 0. The lowest BCUT2D eigenvalue weighted by molar-refractivity contribution is -0.137. The van der Waals surface area contributed by atoms with Gasteiger partial charge in [-0.25, -0.2) is 0 Å². The Labute approximate surface area is 139 Å². The molecule has 0 fully saturated rings. The molecule has 0 aliphatic rings. The van der Waals surface area contributed by atoms with Crippen LogP contribution in [0.25, 0.3) is 0 Å². The maximum atomic E-state index is 12.7. The predicted octanol–water partition coefficient (Wildman–Crippen LogP) is 3.02. The Morgan fingerprint density at radius 1 is 1.21 bits per heavy atom. The van der Waals surface area contributed by atoms with E-state index in [1.165, 1.54) is 12.1 Å². The first kappa shape index (κ1) is 20.4. The summed E-state index contributed by atoms with van der Waals surface area (Å²) in [4.78, 5) is 12.1. The topological polar surface area (TPSA) is 59.6 Å². The van der Waals surface area contributed by atoms with Crippen LogP contribution < -0.4 is 10.6 Å². The molecule has 0 bridgehead atoms. The number of ether oxygens (including phenoxy) is 2. The van der Waals surface area contributed by atoms with Crippen LogP contribution in [0.15, 0.2) is 24.3 Å². The van der Waals surface area contributed by atoms with Crippen molar-refractivity contribution in [3.8, 4) is 0 Å². The molecule has 5 nitrogen and oxygen atoms in total. The standard InChI is InChI=1S/C16H23F3N2O3/c1-4-23-14(24-5-2)10-20-11(3)15(22)21-13-8-6-7-12(9-13)16(17,18)19/h6-9,11,14,20H,4-5,10H2,1-3H3,(H,21,22)/t11-/m0/s1. The van der Waals surface area contributed by atoms with Crippen LogP contribution in [-0.4, -0.2) is 38.0 Å². The maximum absolute atomic E-state index is 12.7. The first-order valence-corrected chi connectivity index (χ1v) is 7.72. The molecule has 1 aromatic carbocycles. The summed E-state index contributed by atoms with van der Waals surface area (Å²) in [6, 6.07) is 3.88. The molecule has 0 aliphatic heterocycles. The van der Waals surface area contributed by atoms with E-state index in [4.69, 9.17) is 9.47 Å². The number of hydrogen-bond acceptors (Lipinski definition) is 4. The van der Waals surface area contributed by atoms with E-state index in [1.807, 2.05) is 13.8 Å². The van der Waals surface area contributed by atoms with Gasteiger partial charge in [0.2, 0.25) is 5.91 Å². The summed E-state index contributed by atoms with van der Waals surface area (Å²) in [5.41, 5.74) is -0.719. The van der Waals surface area contributed by atoms with Crippen LogP contribution in [-0.2, 0) is 20.4 Å². The van der Waals surface area contributed by atoms with E-state index in [2.05, 4.69) is 10.6 Å². The van der Waals surface area contributed by atoms with Crippen molar-refractivity contribution in [1.29, 1.82) is 0 Å². The fourth-order valence-corrected chi connectivity index (χ4v) is 1.93. The lowest BCUT2D eigenvalue weighted by Crippen LogP contribution is -2.43. The Hall–Kier alpha value is -1.64. The van der Waals surface area contributed by atoms with E-state index in [-0.39, 0.29) is 5.69 Å². The zero-order valence-electron chi connectivity index (χ0n) is 13.9. The molecule has 136 valence electrons. The molecular weight excluding hydrogens is 325 g/mol. The number of nitrogens with one attached hydrogen (secondary N) is 2. The summed E-state index contributed by atoms with van der Waals surface area (Å²) in [5, 5.41) is 5.39. The number of carbonyl (C=O) groups excluding carboxylic acids is 1. The molecule has 0 spiro atoms. The van der Waals surface area contributed by atoms with Crippen LogP contribution in [0.2, 0.25) is 0 Å². The SMILES string of the molecule is CCOC(CN[C@@H](C)C(=O)Nc1cccc(C(F)(F)F)c1)OCC. The maximum Gasteiger partial charge on any atom is 0.416 e. The predicted molar refractivity (Wildman–Crippen MR) is 84.6 cm³/mol. The molecule has 1 amide bonds. The Morgan fingerprint density at radius 3 is 2.38 bits per heavy atom. The smallest absolute Gasteiger partial charge is 0.352 e. The quantitative estimate of drug-likeness (QED) is 0.674. The third-order valence-corrected chi connectivity index (χ3v) is 3.15. The average molecular weight is 348 g/mol. The molecule has 0 saturated heterocycles. The van der Waals surface area contributed by atoms with Gasteiger partial charge in [-0.15, -0.1) is 0 Å². The minimum atomic E-state index is -4.45. The first-order chi connectivity index (χ1) is 11.3. The fourth-order valence-electron chi connectivity index (χ4n) is 1.93. The number of alkyl halides is 3. The molecular formula is C16H23F3N2O3. The van der Waals surface area contributed by atoms with E-state index < -0.39 is 30.0 Å². The van der Waals surface area contributed by atoms with Gasteiger partial charge in [0.25, 0.3) is 0 Å². The molecule has 0 aliphatic carbocycles. The fraction of sp³-hybridized carbons (Fsp3) is 0.562. The molecule has 0 unspecified atom stereocenters. The first-order valence-electron chi connectivity index (χ1n) is 7.72. The third-order valence-electron chi connectivity index (χ3n) is 3.15. The van der Waals surface area contributed by atoms with Crippen LogP contribution in [0.1, 0.15) is 26.3 Å². The zero-order chi connectivity index (χ0) is 18.2. The van der Waals surface area contributed by atoms with Crippen molar-refractivity contribution >= 4 is 11.6 Å². The number of carbonyl (C=O) groups is 1. The van der Waals surface area contributed by atoms with E-state index in [1.54, 1.807) is 6.92 Å². The molecule has 2 N–H and O–H groups in total. The van der Waals surface area contributed by atoms with Crippen LogP contribution in [0.4, 0.5) is 18.9 Å². The summed E-state index contributed by atoms with van der Waals surface area (Å²) < 4.78 is 48.7. The second-order valence-electron chi connectivity index (χ2n) is 5.04. The number of anilines is 1. The molecule has 8 heteroatoms. The van der Waals surface area contributed by atoms with Gasteiger partial charge < -0.3 is 20.1 Å². The van der Waals surface area contributed by atoms with E-state index in [0.29, 0.717) is 19.8 Å². The minimum Gasteiger partial charge on any atom is -0.352 e. The van der Waals surface area contributed by atoms with Crippen LogP contribution in [0, 0.1) is 0 Å².